The summed E-state index contributed by atoms with van der Waals surface area (Å²) < 4.78 is 6.92. The second kappa shape index (κ2) is 8.53. The highest BCUT2D eigenvalue weighted by Crippen LogP contribution is 2.32. The number of aromatic nitrogens is 1. The number of hydrogen-bond acceptors (Lipinski definition) is 4. The Morgan fingerprint density at radius 1 is 1.19 bits per heavy atom. The minimum Gasteiger partial charge on any atom is -0.495 e. The lowest BCUT2D eigenvalue weighted by atomic mass is 10.1. The average molecular weight is 369 g/mol. The van der Waals surface area contributed by atoms with Crippen LogP contribution in [-0.4, -0.2) is 36.6 Å². The summed E-state index contributed by atoms with van der Waals surface area (Å²) in [6, 6.07) is 12.3. The van der Waals surface area contributed by atoms with Crippen LogP contribution in [0.1, 0.15) is 12.8 Å². The third-order valence-corrected chi connectivity index (χ3v) is 4.65. The molecule has 142 valence electrons. The van der Waals surface area contributed by atoms with Crippen molar-refractivity contribution >= 4 is 17.5 Å². The van der Waals surface area contributed by atoms with Crippen molar-refractivity contribution in [1.29, 1.82) is 0 Å². The van der Waals surface area contributed by atoms with Crippen molar-refractivity contribution in [3.8, 4) is 5.75 Å². The van der Waals surface area contributed by atoms with Crippen LogP contribution >= 0.6 is 0 Å². The van der Waals surface area contributed by atoms with Gasteiger partial charge in [-0.25, -0.2) is 0 Å². The first kappa shape index (κ1) is 18.7. The van der Waals surface area contributed by atoms with Crippen molar-refractivity contribution in [3.63, 3.8) is 0 Å². The van der Waals surface area contributed by atoms with Crippen LogP contribution in [-0.2, 0) is 16.1 Å². The lowest BCUT2D eigenvalue weighted by Crippen LogP contribution is -2.34. The van der Waals surface area contributed by atoms with E-state index >= 15 is 0 Å². The molecule has 0 radical (unpaired) electrons. The number of amides is 2. The van der Waals surface area contributed by atoms with Gasteiger partial charge in [0.2, 0.25) is 17.4 Å². The molecule has 0 bridgehead atoms. The molecule has 1 aromatic heterocycles. The van der Waals surface area contributed by atoms with Gasteiger partial charge in [-0.2, -0.15) is 0 Å². The average Bonchev–Trinajstić information content (AvgIpc) is 3.08. The lowest BCUT2D eigenvalue weighted by Gasteiger charge is -2.19. The summed E-state index contributed by atoms with van der Waals surface area (Å²) in [4.78, 5) is 38.0. The van der Waals surface area contributed by atoms with Crippen LogP contribution in [0.25, 0.3) is 0 Å². The second-order valence-electron chi connectivity index (χ2n) is 6.45. The number of benzene rings is 1. The van der Waals surface area contributed by atoms with Gasteiger partial charge in [-0.1, -0.05) is 18.2 Å². The number of rotatable bonds is 7. The maximum atomic E-state index is 12.4. The Morgan fingerprint density at radius 3 is 2.74 bits per heavy atom. The van der Waals surface area contributed by atoms with Gasteiger partial charge in [0.05, 0.1) is 18.7 Å². The van der Waals surface area contributed by atoms with Crippen LogP contribution in [0.2, 0.25) is 0 Å². The molecule has 2 aromatic rings. The molecular formula is C20H23N3O4. The zero-order valence-corrected chi connectivity index (χ0v) is 15.3. The molecule has 1 aromatic carbocycles. The highest BCUT2D eigenvalue weighted by atomic mass is 16.5. The topological polar surface area (TPSA) is 80.6 Å². The van der Waals surface area contributed by atoms with Crippen LogP contribution in [0.15, 0.2) is 53.5 Å². The Morgan fingerprint density at radius 2 is 1.96 bits per heavy atom. The van der Waals surface area contributed by atoms with E-state index in [2.05, 4.69) is 5.32 Å². The zero-order chi connectivity index (χ0) is 19.2. The predicted molar refractivity (Wildman–Crippen MR) is 102 cm³/mol. The van der Waals surface area contributed by atoms with Gasteiger partial charge in [0.15, 0.2) is 0 Å². The molecular weight excluding hydrogens is 346 g/mol. The van der Waals surface area contributed by atoms with E-state index in [0.717, 1.165) is 0 Å². The first-order valence-corrected chi connectivity index (χ1v) is 8.96. The van der Waals surface area contributed by atoms with Gasteiger partial charge < -0.3 is 19.5 Å². The molecule has 2 amide bonds. The molecule has 27 heavy (non-hydrogen) atoms. The van der Waals surface area contributed by atoms with Crippen molar-refractivity contribution in [3.05, 3.63) is 59.0 Å². The molecule has 0 aliphatic carbocycles. The van der Waals surface area contributed by atoms with E-state index in [0.29, 0.717) is 37.5 Å². The summed E-state index contributed by atoms with van der Waals surface area (Å²) in [5.41, 5.74) is 0.626. The summed E-state index contributed by atoms with van der Waals surface area (Å²) in [6.45, 7) is 1.33. The van der Waals surface area contributed by atoms with E-state index in [-0.39, 0.29) is 29.7 Å². The highest BCUT2D eigenvalue weighted by Gasteiger charge is 2.35. The van der Waals surface area contributed by atoms with Crippen LogP contribution in [0, 0.1) is 5.92 Å². The van der Waals surface area contributed by atoms with Crippen molar-refractivity contribution in [2.75, 3.05) is 25.1 Å². The number of nitrogens with one attached hydrogen (secondary N) is 1. The van der Waals surface area contributed by atoms with Crippen LogP contribution in [0.3, 0.4) is 0 Å². The summed E-state index contributed by atoms with van der Waals surface area (Å²) in [5, 5.41) is 2.87. The monoisotopic (exact) mass is 369 g/mol. The molecule has 7 heteroatoms. The molecule has 1 fully saturated rings. The van der Waals surface area contributed by atoms with E-state index in [1.54, 1.807) is 41.0 Å². The van der Waals surface area contributed by atoms with E-state index in [9.17, 15) is 14.4 Å². The van der Waals surface area contributed by atoms with Crippen LogP contribution in [0.5, 0.6) is 5.75 Å². The van der Waals surface area contributed by atoms with Crippen LogP contribution in [0.4, 0.5) is 5.69 Å². The third-order valence-electron chi connectivity index (χ3n) is 4.65. The Labute approximate surface area is 157 Å². The number of carbonyl (C=O) groups is 2. The normalized spacial score (nSPS) is 16.4. The van der Waals surface area contributed by atoms with Gasteiger partial charge in [0.25, 0.3) is 0 Å². The molecule has 2 heterocycles. The molecule has 1 aliphatic rings. The maximum Gasteiger partial charge on any atom is 0.250 e. The predicted octanol–water partition coefficient (Wildman–Crippen LogP) is 1.42. The van der Waals surface area contributed by atoms with E-state index < -0.39 is 0 Å². The number of carbonyl (C=O) groups excluding carboxylic acids is 2. The molecule has 1 atom stereocenters. The molecule has 1 aliphatic heterocycles. The first-order valence-electron chi connectivity index (χ1n) is 8.96. The zero-order valence-electron chi connectivity index (χ0n) is 15.3. The Balaban J connectivity index is 1.52. The maximum absolute atomic E-state index is 12.4. The van der Waals surface area contributed by atoms with Gasteiger partial charge >= 0.3 is 0 Å². The molecule has 1 saturated heterocycles. The Bertz CT molecular complexity index is 877. The van der Waals surface area contributed by atoms with Gasteiger partial charge in [-0.15, -0.1) is 0 Å². The van der Waals surface area contributed by atoms with E-state index in [1.807, 2.05) is 18.2 Å². The van der Waals surface area contributed by atoms with Crippen LogP contribution < -0.4 is 20.5 Å². The second-order valence-corrected chi connectivity index (χ2v) is 6.45. The summed E-state index contributed by atoms with van der Waals surface area (Å²) >= 11 is 0. The van der Waals surface area contributed by atoms with E-state index in [1.165, 1.54) is 6.07 Å². The molecule has 3 rings (SSSR count). The number of ether oxygens (including phenoxy) is 1. The molecule has 1 unspecified atom stereocenters. The fraction of sp³-hybridized carbons (Fsp3) is 0.350. The molecule has 0 saturated carbocycles. The van der Waals surface area contributed by atoms with Gasteiger partial charge in [-0.3, -0.25) is 14.4 Å². The number of hydrogen-bond donors (Lipinski definition) is 1. The van der Waals surface area contributed by atoms with Crippen molar-refractivity contribution in [2.45, 2.75) is 19.4 Å². The summed E-state index contributed by atoms with van der Waals surface area (Å²) in [5.74, 6) is -0.00119. The molecule has 7 nitrogen and oxygen atoms in total. The minimum atomic E-state index is -0.387. The first-order chi connectivity index (χ1) is 13.1. The minimum absolute atomic E-state index is 0.0577. The van der Waals surface area contributed by atoms with E-state index in [4.69, 9.17) is 4.74 Å². The standard InChI is InChI=1S/C20H23N3O4/c1-27-17-8-3-2-7-16(17)23-14-15(13-19(23)25)20(26)21-10-6-12-22-11-5-4-9-18(22)24/h2-5,7-9,11,15H,6,10,12-14H2,1H3,(H,21,26). The largest absolute Gasteiger partial charge is 0.495 e. The highest BCUT2D eigenvalue weighted by molar-refractivity contribution is 6.01. The van der Waals surface area contributed by atoms with Crippen molar-refractivity contribution in [2.24, 2.45) is 5.92 Å². The number of aryl methyl sites for hydroxylation is 1. The van der Waals surface area contributed by atoms with Gasteiger partial charge in [0.1, 0.15) is 5.75 Å². The molecule has 1 N–H and O–H groups in total. The van der Waals surface area contributed by atoms with Gasteiger partial charge in [0, 0.05) is 38.3 Å². The van der Waals surface area contributed by atoms with Gasteiger partial charge in [-0.05, 0) is 24.6 Å². The quantitative estimate of drug-likeness (QED) is 0.749. The SMILES string of the molecule is COc1ccccc1N1CC(C(=O)NCCCn2ccccc2=O)CC1=O. The third kappa shape index (κ3) is 4.36. The number of para-hydroxylation sites is 2. The van der Waals surface area contributed by atoms with Crippen molar-refractivity contribution in [1.82, 2.24) is 9.88 Å². The fourth-order valence-corrected chi connectivity index (χ4v) is 3.22. The van der Waals surface area contributed by atoms with Crippen molar-refractivity contribution < 1.29 is 14.3 Å². The number of anilines is 1. The smallest absolute Gasteiger partial charge is 0.250 e. The summed E-state index contributed by atoms with van der Waals surface area (Å²) in [7, 11) is 1.56. The number of pyridine rings is 1. The fourth-order valence-electron chi connectivity index (χ4n) is 3.22. The summed E-state index contributed by atoms with van der Waals surface area (Å²) in [6.07, 6.45) is 2.56. The Hall–Kier alpha value is -3.09. The number of nitrogens with zero attached hydrogens (tertiary/aromatic N) is 2. The molecule has 0 spiro atoms. The lowest BCUT2D eigenvalue weighted by molar-refractivity contribution is -0.126. The number of methoxy groups -OCH3 is 1. The Kier molecular flexibility index (Phi) is 5.90.